The van der Waals surface area contributed by atoms with E-state index in [1.807, 2.05) is 6.07 Å². The predicted molar refractivity (Wildman–Crippen MR) is 75.3 cm³/mol. The van der Waals surface area contributed by atoms with E-state index in [1.54, 1.807) is 12.1 Å². The van der Waals surface area contributed by atoms with Crippen LogP contribution in [0.15, 0.2) is 23.1 Å². The Balaban J connectivity index is 1.57. The Bertz CT molecular complexity index is 644. The summed E-state index contributed by atoms with van der Waals surface area (Å²) in [5.41, 5.74) is 2.13. The van der Waals surface area contributed by atoms with Crippen LogP contribution in [0.2, 0.25) is 0 Å². The number of nitrogens with one attached hydrogen (secondary N) is 2. The minimum atomic E-state index is -3.46. The van der Waals surface area contributed by atoms with Crippen molar-refractivity contribution in [3.8, 4) is 0 Å². The molecule has 5 nitrogen and oxygen atoms in total. The largest absolute Gasteiger partial charge is 0.384 e. The van der Waals surface area contributed by atoms with Gasteiger partial charge in [-0.1, -0.05) is 6.07 Å². The zero-order chi connectivity index (χ0) is 13.7. The lowest BCUT2D eigenvalue weighted by atomic mass is 9.96. The number of rotatable bonds is 3. The highest BCUT2D eigenvalue weighted by molar-refractivity contribution is 7.89. The van der Waals surface area contributed by atoms with Gasteiger partial charge in [-0.25, -0.2) is 13.1 Å². The Hall–Kier alpha value is -1.11. The van der Waals surface area contributed by atoms with Crippen molar-refractivity contribution in [1.29, 1.82) is 0 Å². The van der Waals surface area contributed by atoms with Crippen LogP contribution in [0.5, 0.6) is 0 Å². The average molecular weight is 294 g/mol. The Kier molecular flexibility index (Phi) is 2.80. The molecule has 0 aliphatic carbocycles. The molecule has 0 radical (unpaired) electrons. The highest BCUT2D eigenvalue weighted by Crippen LogP contribution is 2.35. The van der Waals surface area contributed by atoms with Gasteiger partial charge in [0.25, 0.3) is 0 Å². The molecule has 6 heteroatoms. The number of hydrogen-bond donors (Lipinski definition) is 2. The SMILES string of the molecule is O=S(=O)(NC1CC2CCC1O2)c1ccc2c(c1)NCC2. The maximum absolute atomic E-state index is 12.5. The van der Waals surface area contributed by atoms with Gasteiger partial charge in [0.05, 0.1) is 23.1 Å². The molecule has 3 aliphatic heterocycles. The number of sulfonamides is 1. The van der Waals surface area contributed by atoms with Crippen molar-refractivity contribution in [3.63, 3.8) is 0 Å². The third kappa shape index (κ3) is 2.03. The molecule has 1 aromatic rings. The van der Waals surface area contributed by atoms with Crippen LogP contribution < -0.4 is 10.0 Å². The van der Waals surface area contributed by atoms with Gasteiger partial charge in [-0.2, -0.15) is 0 Å². The molecular weight excluding hydrogens is 276 g/mol. The van der Waals surface area contributed by atoms with E-state index in [9.17, 15) is 8.42 Å². The van der Waals surface area contributed by atoms with E-state index >= 15 is 0 Å². The standard InChI is InChI=1S/C14H18N2O3S/c17-20(18,16-13-7-10-2-4-14(13)19-10)11-3-1-9-5-6-15-12(9)8-11/h1,3,8,10,13-16H,2,4-7H2. The molecule has 2 N–H and O–H groups in total. The summed E-state index contributed by atoms with van der Waals surface area (Å²) in [5.74, 6) is 0. The third-order valence-electron chi connectivity index (χ3n) is 4.51. The minimum Gasteiger partial charge on any atom is -0.384 e. The van der Waals surface area contributed by atoms with E-state index in [1.165, 1.54) is 5.56 Å². The fourth-order valence-corrected chi connectivity index (χ4v) is 4.77. The average Bonchev–Trinajstić information content (AvgIpc) is 3.13. The van der Waals surface area contributed by atoms with Gasteiger partial charge < -0.3 is 10.1 Å². The van der Waals surface area contributed by atoms with E-state index in [2.05, 4.69) is 10.0 Å². The molecule has 2 bridgehead atoms. The zero-order valence-electron chi connectivity index (χ0n) is 11.1. The number of benzene rings is 1. The summed E-state index contributed by atoms with van der Waals surface area (Å²) in [6.45, 7) is 0.881. The summed E-state index contributed by atoms with van der Waals surface area (Å²) in [7, 11) is -3.46. The van der Waals surface area contributed by atoms with Gasteiger partial charge in [0, 0.05) is 12.2 Å². The van der Waals surface area contributed by atoms with Crippen molar-refractivity contribution in [1.82, 2.24) is 4.72 Å². The van der Waals surface area contributed by atoms with Crippen LogP contribution in [0.3, 0.4) is 0 Å². The van der Waals surface area contributed by atoms with Crippen LogP contribution in [-0.4, -0.2) is 33.2 Å². The first kappa shape index (κ1) is 12.6. The van der Waals surface area contributed by atoms with Crippen molar-refractivity contribution in [2.45, 2.75) is 48.8 Å². The molecule has 3 atom stereocenters. The quantitative estimate of drug-likeness (QED) is 0.880. The van der Waals surface area contributed by atoms with Gasteiger partial charge in [-0.05, 0) is 43.4 Å². The first-order valence-electron chi connectivity index (χ1n) is 7.16. The Morgan fingerprint density at radius 3 is 2.95 bits per heavy atom. The summed E-state index contributed by atoms with van der Waals surface area (Å²) in [6.07, 6.45) is 4.09. The Morgan fingerprint density at radius 1 is 1.30 bits per heavy atom. The van der Waals surface area contributed by atoms with Gasteiger partial charge >= 0.3 is 0 Å². The minimum absolute atomic E-state index is 0.0577. The van der Waals surface area contributed by atoms with E-state index in [0.29, 0.717) is 4.90 Å². The highest BCUT2D eigenvalue weighted by Gasteiger charge is 2.42. The molecule has 0 spiro atoms. The second-order valence-electron chi connectivity index (χ2n) is 5.83. The Labute approximate surface area is 118 Å². The first-order chi connectivity index (χ1) is 9.62. The predicted octanol–water partition coefficient (Wildman–Crippen LogP) is 1.25. The zero-order valence-corrected chi connectivity index (χ0v) is 11.9. The first-order valence-corrected chi connectivity index (χ1v) is 8.65. The van der Waals surface area contributed by atoms with Gasteiger partial charge in [0.2, 0.25) is 10.0 Å². The van der Waals surface area contributed by atoms with Crippen LogP contribution in [0.25, 0.3) is 0 Å². The Morgan fingerprint density at radius 2 is 2.20 bits per heavy atom. The molecule has 4 rings (SSSR count). The lowest BCUT2D eigenvalue weighted by molar-refractivity contribution is 0.0996. The molecule has 2 fully saturated rings. The molecule has 2 saturated heterocycles. The topological polar surface area (TPSA) is 67.4 Å². The van der Waals surface area contributed by atoms with Crippen molar-refractivity contribution in [2.75, 3.05) is 11.9 Å². The maximum Gasteiger partial charge on any atom is 0.240 e. The van der Waals surface area contributed by atoms with Gasteiger partial charge in [0.15, 0.2) is 0 Å². The lowest BCUT2D eigenvalue weighted by Gasteiger charge is -2.20. The van der Waals surface area contributed by atoms with Crippen LogP contribution in [0.1, 0.15) is 24.8 Å². The summed E-state index contributed by atoms with van der Waals surface area (Å²) in [5, 5.41) is 3.22. The van der Waals surface area contributed by atoms with E-state index in [0.717, 1.165) is 37.9 Å². The van der Waals surface area contributed by atoms with Crippen LogP contribution >= 0.6 is 0 Å². The number of ether oxygens (including phenoxy) is 1. The van der Waals surface area contributed by atoms with E-state index in [4.69, 9.17) is 4.74 Å². The molecule has 3 unspecified atom stereocenters. The van der Waals surface area contributed by atoms with Gasteiger partial charge in [-0.3, -0.25) is 0 Å². The maximum atomic E-state index is 12.5. The molecule has 1 aromatic carbocycles. The summed E-state index contributed by atoms with van der Waals surface area (Å²) < 4.78 is 33.5. The summed E-state index contributed by atoms with van der Waals surface area (Å²) in [4.78, 5) is 0.341. The van der Waals surface area contributed by atoms with Crippen molar-refractivity contribution < 1.29 is 13.2 Å². The number of hydrogen-bond acceptors (Lipinski definition) is 4. The summed E-state index contributed by atoms with van der Waals surface area (Å²) >= 11 is 0. The fraction of sp³-hybridized carbons (Fsp3) is 0.571. The van der Waals surface area contributed by atoms with E-state index < -0.39 is 10.0 Å². The fourth-order valence-electron chi connectivity index (χ4n) is 3.47. The van der Waals surface area contributed by atoms with Crippen molar-refractivity contribution >= 4 is 15.7 Å². The normalized spacial score (nSPS) is 31.3. The smallest absolute Gasteiger partial charge is 0.240 e. The number of fused-ring (bicyclic) bond motifs is 3. The van der Waals surface area contributed by atoms with Gasteiger partial charge in [0.1, 0.15) is 0 Å². The van der Waals surface area contributed by atoms with Crippen LogP contribution in [-0.2, 0) is 21.2 Å². The number of anilines is 1. The molecule has 0 aromatic heterocycles. The summed E-state index contributed by atoms with van der Waals surface area (Å²) in [6, 6.07) is 5.27. The highest BCUT2D eigenvalue weighted by atomic mass is 32.2. The molecule has 0 saturated carbocycles. The van der Waals surface area contributed by atoms with Crippen LogP contribution in [0, 0.1) is 0 Å². The molecule has 3 heterocycles. The van der Waals surface area contributed by atoms with Crippen LogP contribution in [0.4, 0.5) is 5.69 Å². The monoisotopic (exact) mass is 294 g/mol. The van der Waals surface area contributed by atoms with Crippen molar-refractivity contribution in [3.05, 3.63) is 23.8 Å². The third-order valence-corrected chi connectivity index (χ3v) is 6.00. The van der Waals surface area contributed by atoms with E-state index in [-0.39, 0.29) is 18.2 Å². The molecule has 108 valence electrons. The van der Waals surface area contributed by atoms with Gasteiger partial charge in [-0.15, -0.1) is 0 Å². The second kappa shape index (κ2) is 4.44. The second-order valence-corrected chi connectivity index (χ2v) is 7.55. The molecule has 0 amide bonds. The van der Waals surface area contributed by atoms with Crippen molar-refractivity contribution in [2.24, 2.45) is 0 Å². The molecular formula is C14H18N2O3S. The molecule has 3 aliphatic rings. The lowest BCUT2D eigenvalue weighted by Crippen LogP contribution is -2.41. The molecule has 20 heavy (non-hydrogen) atoms.